The third kappa shape index (κ3) is 7.01. The van der Waals surface area contributed by atoms with Gasteiger partial charge in [-0.15, -0.1) is 0 Å². The molecule has 1 N–H and O–H groups in total. The Kier molecular flexibility index (Phi) is 5.50. The van der Waals surface area contributed by atoms with Gasteiger partial charge in [0.05, 0.1) is 19.4 Å². The molecule has 0 bridgehead atoms. The van der Waals surface area contributed by atoms with E-state index in [1.807, 2.05) is 6.07 Å². The van der Waals surface area contributed by atoms with Crippen molar-refractivity contribution in [3.63, 3.8) is 0 Å². The Morgan fingerprint density at radius 1 is 1.41 bits per heavy atom. The summed E-state index contributed by atoms with van der Waals surface area (Å²) in [5.41, 5.74) is 0. The maximum absolute atomic E-state index is 12.0. The summed E-state index contributed by atoms with van der Waals surface area (Å²) in [5, 5.41) is 3.10. The van der Waals surface area contributed by atoms with Crippen molar-refractivity contribution in [2.24, 2.45) is 0 Å². The second-order valence-corrected chi connectivity index (χ2v) is 3.96. The van der Waals surface area contributed by atoms with Gasteiger partial charge in [-0.2, -0.15) is 13.2 Å². The Bertz CT molecular complexity index is 298. The fourth-order valence-corrected chi connectivity index (χ4v) is 1.48. The minimum Gasteiger partial charge on any atom is -0.468 e. The molecule has 0 unspecified atom stereocenters. The molecule has 98 valence electrons. The highest BCUT2D eigenvalue weighted by Crippen LogP contribution is 2.15. The second-order valence-electron chi connectivity index (χ2n) is 3.96. The minimum atomic E-state index is -4.11. The number of furan rings is 1. The number of nitrogens with one attached hydrogen (secondary N) is 1. The van der Waals surface area contributed by atoms with Crippen molar-refractivity contribution in [2.75, 3.05) is 26.7 Å². The van der Waals surface area contributed by atoms with Gasteiger partial charge in [0.1, 0.15) is 5.76 Å². The van der Waals surface area contributed by atoms with Crippen LogP contribution in [0.3, 0.4) is 0 Å². The first kappa shape index (κ1) is 14.1. The zero-order valence-electron chi connectivity index (χ0n) is 9.76. The van der Waals surface area contributed by atoms with Crippen molar-refractivity contribution in [3.05, 3.63) is 24.2 Å². The third-order valence-corrected chi connectivity index (χ3v) is 2.22. The molecule has 0 aliphatic rings. The minimum absolute atomic E-state index is 0.421. The molecular formula is C11H17F3N2O. The predicted octanol–water partition coefficient (Wildman–Crippen LogP) is 2.25. The highest BCUT2D eigenvalue weighted by atomic mass is 19.4. The third-order valence-electron chi connectivity index (χ3n) is 2.22. The molecule has 0 aromatic carbocycles. The van der Waals surface area contributed by atoms with Gasteiger partial charge >= 0.3 is 6.18 Å². The first-order valence-corrected chi connectivity index (χ1v) is 5.46. The molecule has 0 saturated heterocycles. The Balaban J connectivity index is 2.00. The molecular weight excluding hydrogens is 233 g/mol. The molecule has 17 heavy (non-hydrogen) atoms. The summed E-state index contributed by atoms with van der Waals surface area (Å²) in [6.07, 6.45) is -1.85. The van der Waals surface area contributed by atoms with E-state index in [1.165, 1.54) is 11.9 Å². The Hall–Kier alpha value is -1.01. The highest BCUT2D eigenvalue weighted by molar-refractivity contribution is 4.97. The van der Waals surface area contributed by atoms with E-state index in [1.54, 1.807) is 12.3 Å². The zero-order chi connectivity index (χ0) is 12.7. The van der Waals surface area contributed by atoms with Gasteiger partial charge in [-0.05, 0) is 38.7 Å². The van der Waals surface area contributed by atoms with Crippen LogP contribution in [0.15, 0.2) is 22.8 Å². The lowest BCUT2D eigenvalue weighted by Crippen LogP contribution is -2.32. The predicted molar refractivity (Wildman–Crippen MR) is 58.6 cm³/mol. The van der Waals surface area contributed by atoms with Crippen LogP contribution in [0.4, 0.5) is 13.2 Å². The standard InChI is InChI=1S/C11H17F3N2O/c1-16(9-11(12,13)14)6-3-5-15-8-10-4-2-7-17-10/h2,4,7,15H,3,5-6,8-9H2,1H3. The first-order valence-electron chi connectivity index (χ1n) is 5.46. The van der Waals surface area contributed by atoms with E-state index < -0.39 is 12.7 Å². The number of alkyl halides is 3. The van der Waals surface area contributed by atoms with Gasteiger partial charge in [0.2, 0.25) is 0 Å². The van der Waals surface area contributed by atoms with Crippen molar-refractivity contribution in [1.29, 1.82) is 0 Å². The molecule has 0 atom stereocenters. The van der Waals surface area contributed by atoms with E-state index in [-0.39, 0.29) is 0 Å². The maximum Gasteiger partial charge on any atom is 0.401 e. The van der Waals surface area contributed by atoms with Crippen molar-refractivity contribution < 1.29 is 17.6 Å². The molecule has 0 amide bonds. The lowest BCUT2D eigenvalue weighted by molar-refractivity contribution is -0.143. The smallest absolute Gasteiger partial charge is 0.401 e. The molecule has 0 aliphatic carbocycles. The van der Waals surface area contributed by atoms with Crippen LogP contribution in [0.25, 0.3) is 0 Å². The molecule has 0 radical (unpaired) electrons. The Morgan fingerprint density at radius 2 is 2.18 bits per heavy atom. The number of hydrogen-bond acceptors (Lipinski definition) is 3. The zero-order valence-corrected chi connectivity index (χ0v) is 9.76. The quantitative estimate of drug-likeness (QED) is 0.752. The number of nitrogens with zero attached hydrogens (tertiary/aromatic N) is 1. The lowest BCUT2D eigenvalue weighted by atomic mass is 10.3. The topological polar surface area (TPSA) is 28.4 Å². The highest BCUT2D eigenvalue weighted by Gasteiger charge is 2.28. The molecule has 3 nitrogen and oxygen atoms in total. The number of hydrogen-bond donors (Lipinski definition) is 1. The average molecular weight is 250 g/mol. The van der Waals surface area contributed by atoms with Crippen LogP contribution < -0.4 is 5.32 Å². The van der Waals surface area contributed by atoms with Gasteiger partial charge in [0, 0.05) is 0 Å². The normalized spacial score (nSPS) is 12.3. The average Bonchev–Trinajstić information content (AvgIpc) is 2.67. The van der Waals surface area contributed by atoms with E-state index >= 15 is 0 Å². The van der Waals surface area contributed by atoms with Gasteiger partial charge in [-0.1, -0.05) is 0 Å². The monoisotopic (exact) mass is 250 g/mol. The summed E-state index contributed by atoms with van der Waals surface area (Å²) in [5.74, 6) is 0.827. The Labute approximate surface area is 98.6 Å². The van der Waals surface area contributed by atoms with E-state index in [4.69, 9.17) is 4.42 Å². The van der Waals surface area contributed by atoms with Gasteiger partial charge in [0.25, 0.3) is 0 Å². The molecule has 0 spiro atoms. The summed E-state index contributed by atoms with van der Waals surface area (Å²) in [7, 11) is 1.47. The molecule has 1 aromatic heterocycles. The summed E-state index contributed by atoms with van der Waals surface area (Å²) >= 11 is 0. The van der Waals surface area contributed by atoms with Gasteiger partial charge < -0.3 is 9.73 Å². The number of rotatable bonds is 7. The van der Waals surface area contributed by atoms with Crippen LogP contribution in [0.5, 0.6) is 0 Å². The lowest BCUT2D eigenvalue weighted by Gasteiger charge is -2.18. The maximum atomic E-state index is 12.0. The van der Waals surface area contributed by atoms with Crippen LogP contribution in [0.1, 0.15) is 12.2 Å². The van der Waals surface area contributed by atoms with E-state index in [0.29, 0.717) is 26.1 Å². The van der Waals surface area contributed by atoms with E-state index in [2.05, 4.69) is 5.32 Å². The van der Waals surface area contributed by atoms with Crippen LogP contribution in [-0.2, 0) is 6.54 Å². The van der Waals surface area contributed by atoms with Gasteiger partial charge in [0.15, 0.2) is 0 Å². The van der Waals surface area contributed by atoms with Crippen LogP contribution in [-0.4, -0.2) is 37.8 Å². The first-order chi connectivity index (χ1) is 7.97. The van der Waals surface area contributed by atoms with Gasteiger partial charge in [-0.25, -0.2) is 0 Å². The molecule has 0 aliphatic heterocycles. The molecule has 1 aromatic rings. The molecule has 0 saturated carbocycles. The molecule has 1 heterocycles. The fourth-order valence-electron chi connectivity index (χ4n) is 1.48. The molecule has 0 fully saturated rings. The van der Waals surface area contributed by atoms with Crippen LogP contribution in [0, 0.1) is 0 Å². The van der Waals surface area contributed by atoms with Crippen molar-refractivity contribution in [1.82, 2.24) is 10.2 Å². The largest absolute Gasteiger partial charge is 0.468 e. The summed E-state index contributed by atoms with van der Waals surface area (Å²) in [6, 6.07) is 3.65. The van der Waals surface area contributed by atoms with Crippen LogP contribution in [0.2, 0.25) is 0 Å². The van der Waals surface area contributed by atoms with Crippen molar-refractivity contribution in [2.45, 2.75) is 19.1 Å². The molecule has 6 heteroatoms. The van der Waals surface area contributed by atoms with Crippen molar-refractivity contribution >= 4 is 0 Å². The van der Waals surface area contributed by atoms with E-state index in [0.717, 1.165) is 5.76 Å². The molecule has 1 rings (SSSR count). The van der Waals surface area contributed by atoms with Gasteiger partial charge in [-0.3, -0.25) is 4.90 Å². The second kappa shape index (κ2) is 6.66. The van der Waals surface area contributed by atoms with Crippen molar-refractivity contribution in [3.8, 4) is 0 Å². The summed E-state index contributed by atoms with van der Waals surface area (Å²) < 4.78 is 41.1. The summed E-state index contributed by atoms with van der Waals surface area (Å²) in [6.45, 7) is 0.842. The fraction of sp³-hybridized carbons (Fsp3) is 0.636. The number of halogens is 3. The van der Waals surface area contributed by atoms with Crippen LogP contribution >= 0.6 is 0 Å². The summed E-state index contributed by atoms with van der Waals surface area (Å²) in [4.78, 5) is 1.27. The Morgan fingerprint density at radius 3 is 2.76 bits per heavy atom. The van der Waals surface area contributed by atoms with E-state index in [9.17, 15) is 13.2 Å². The SMILES string of the molecule is CN(CCCNCc1ccco1)CC(F)(F)F.